The summed E-state index contributed by atoms with van der Waals surface area (Å²) in [4.78, 5) is 2.19. The van der Waals surface area contributed by atoms with Crippen LogP contribution in [0.25, 0.3) is 0 Å². The number of piperidine rings is 1. The van der Waals surface area contributed by atoms with Crippen molar-refractivity contribution < 1.29 is 13.7 Å². The quantitative estimate of drug-likeness (QED) is 0.564. The van der Waals surface area contributed by atoms with Gasteiger partial charge in [0.25, 0.3) is 5.76 Å². The summed E-state index contributed by atoms with van der Waals surface area (Å²) >= 11 is 5.87. The maximum absolute atomic E-state index is 12.3. The number of hydrogen-bond donors (Lipinski definition) is 3. The van der Waals surface area contributed by atoms with E-state index in [0.717, 1.165) is 18.5 Å². The van der Waals surface area contributed by atoms with Crippen LogP contribution in [-0.4, -0.2) is 36.5 Å². The van der Waals surface area contributed by atoms with Gasteiger partial charge in [0.2, 0.25) is 0 Å². The zero-order valence-electron chi connectivity index (χ0n) is 12.6. The Morgan fingerprint density at radius 3 is 2.50 bits per heavy atom. The topological polar surface area (TPSA) is 28.5 Å². The Labute approximate surface area is 139 Å². The lowest BCUT2D eigenvalue weighted by Gasteiger charge is -2.29. The molecule has 3 N–H and O–H groups in total. The fourth-order valence-electron chi connectivity index (χ4n) is 2.60. The molecule has 122 valence electrons. The zero-order valence-corrected chi connectivity index (χ0v) is 14.2. The average molecular weight is 346 g/mol. The fraction of sp³-hybridized carbons (Fsp3) is 0.533. The van der Waals surface area contributed by atoms with Crippen molar-refractivity contribution >= 4 is 34.8 Å². The summed E-state index contributed by atoms with van der Waals surface area (Å²) in [6.45, 7) is 5.75. The lowest BCUT2D eigenvalue weighted by Crippen LogP contribution is -3.13. The minimum Gasteiger partial charge on any atom is -0.359 e. The van der Waals surface area contributed by atoms with Crippen LogP contribution in [0.3, 0.4) is 0 Å². The highest BCUT2D eigenvalue weighted by Gasteiger charge is 2.21. The number of rotatable bonds is 5. The van der Waals surface area contributed by atoms with E-state index in [1.54, 1.807) is 29.2 Å². The molecule has 2 rings (SSSR count). The third-order valence-electron chi connectivity index (χ3n) is 3.87. The molecule has 22 heavy (non-hydrogen) atoms. The summed E-state index contributed by atoms with van der Waals surface area (Å²) < 4.78 is 24.5. The summed E-state index contributed by atoms with van der Waals surface area (Å²) in [5.41, 5.74) is 0.813. The highest BCUT2D eigenvalue weighted by Crippen LogP contribution is 2.26. The Balaban J connectivity index is 1.77. The first kappa shape index (κ1) is 17.4. The lowest BCUT2D eigenvalue weighted by atomic mass is 10.1. The molecular weight excluding hydrogens is 324 g/mol. The second kappa shape index (κ2) is 8.64. The Bertz CT molecular complexity index is 474. The van der Waals surface area contributed by atoms with Crippen LogP contribution in [0.1, 0.15) is 19.8 Å². The molecule has 1 fully saturated rings. The van der Waals surface area contributed by atoms with Crippen LogP contribution in [0.5, 0.6) is 0 Å². The van der Waals surface area contributed by atoms with Gasteiger partial charge >= 0.3 is 0 Å². The van der Waals surface area contributed by atoms with Crippen LogP contribution in [-0.2, 0) is 0 Å². The van der Waals surface area contributed by atoms with Crippen LogP contribution in [0.2, 0.25) is 0 Å². The average Bonchev–Trinajstić information content (AvgIpc) is 2.49. The molecule has 0 atom stereocenters. The summed E-state index contributed by atoms with van der Waals surface area (Å²) in [6.07, 6.45) is 2.24. The van der Waals surface area contributed by atoms with Crippen LogP contribution in [0.15, 0.2) is 29.2 Å². The first-order valence-electron chi connectivity index (χ1n) is 7.52. The van der Waals surface area contributed by atoms with E-state index in [1.165, 1.54) is 19.6 Å². The molecule has 0 amide bonds. The predicted octanol–water partition coefficient (Wildman–Crippen LogP) is 2.35. The monoisotopic (exact) mass is 346 g/mol. The minimum absolute atomic E-state index is 0.420. The van der Waals surface area contributed by atoms with E-state index in [-0.39, 0.29) is 0 Å². The van der Waals surface area contributed by atoms with E-state index in [4.69, 9.17) is 12.2 Å². The molecule has 1 saturated heterocycles. The van der Waals surface area contributed by atoms with Crippen molar-refractivity contribution in [2.75, 3.05) is 25.0 Å². The van der Waals surface area contributed by atoms with E-state index in [2.05, 4.69) is 17.6 Å². The van der Waals surface area contributed by atoms with Gasteiger partial charge in [-0.2, -0.15) is 8.78 Å². The Hall–Kier alpha value is -0.920. The molecule has 1 aliphatic rings. The number of benzene rings is 1. The second-order valence-corrected chi connectivity index (χ2v) is 6.85. The molecule has 0 radical (unpaired) electrons. The molecule has 0 bridgehead atoms. The van der Waals surface area contributed by atoms with Gasteiger partial charge in [-0.05, 0) is 43.4 Å². The molecule has 1 aromatic rings. The van der Waals surface area contributed by atoms with Gasteiger partial charge in [-0.3, -0.25) is 0 Å². The number of likely N-dealkylation sites (tertiary alicyclic amines) is 1. The smallest absolute Gasteiger partial charge is 0.288 e. The Morgan fingerprint density at radius 2 is 1.95 bits per heavy atom. The van der Waals surface area contributed by atoms with E-state index < -0.39 is 5.76 Å². The van der Waals surface area contributed by atoms with Gasteiger partial charge in [-0.15, -0.1) is 0 Å². The molecular formula is C15H22F2N3S2+. The largest absolute Gasteiger partial charge is 0.359 e. The molecule has 3 nitrogen and oxygen atoms in total. The van der Waals surface area contributed by atoms with Gasteiger partial charge in [-0.25, -0.2) is 0 Å². The van der Waals surface area contributed by atoms with Crippen molar-refractivity contribution in [1.29, 1.82) is 0 Å². The third kappa shape index (κ3) is 5.70. The molecule has 1 heterocycles. The number of halogens is 2. The number of hydrogen-bond acceptors (Lipinski definition) is 2. The number of nitrogens with one attached hydrogen (secondary N) is 3. The Kier molecular flexibility index (Phi) is 6.85. The maximum Gasteiger partial charge on any atom is 0.288 e. The summed E-state index contributed by atoms with van der Waals surface area (Å²) in [5.74, 6) is -2.39. The van der Waals surface area contributed by atoms with E-state index >= 15 is 0 Å². The summed E-state index contributed by atoms with van der Waals surface area (Å²) in [6, 6.07) is 7.30. The number of thiocarbonyl (C=S) groups is 1. The van der Waals surface area contributed by atoms with E-state index in [0.29, 0.717) is 27.8 Å². The molecule has 0 saturated carbocycles. The standard InChI is InChI=1S/C15H21F2N3S2/c1-2-20-9-7-12(8-10-20)19-15(21)18-11-3-5-13(6-4-11)22-14(16)17/h3-6,12,14H,2,7-10H2,1H3,(H2,18,19,21)/p+1. The second-order valence-electron chi connectivity index (χ2n) is 5.38. The zero-order chi connectivity index (χ0) is 15.9. The maximum atomic E-state index is 12.3. The third-order valence-corrected chi connectivity index (χ3v) is 4.81. The van der Waals surface area contributed by atoms with Gasteiger partial charge in [0.15, 0.2) is 5.11 Å². The van der Waals surface area contributed by atoms with Gasteiger partial charge in [0.1, 0.15) is 0 Å². The highest BCUT2D eigenvalue weighted by atomic mass is 32.2. The van der Waals surface area contributed by atoms with Crippen LogP contribution < -0.4 is 15.5 Å². The number of thioether (sulfide) groups is 1. The number of anilines is 1. The van der Waals surface area contributed by atoms with Crippen LogP contribution >= 0.6 is 24.0 Å². The first-order valence-corrected chi connectivity index (χ1v) is 8.81. The summed E-state index contributed by atoms with van der Waals surface area (Å²) in [7, 11) is 0. The van der Waals surface area contributed by atoms with E-state index in [1.807, 2.05) is 0 Å². The first-order chi connectivity index (χ1) is 10.6. The van der Waals surface area contributed by atoms with Crippen molar-refractivity contribution in [1.82, 2.24) is 5.32 Å². The number of alkyl halides is 2. The fourth-order valence-corrected chi connectivity index (χ4v) is 3.38. The van der Waals surface area contributed by atoms with Crippen LogP contribution in [0, 0.1) is 0 Å². The SMILES string of the molecule is CC[NH+]1CCC(NC(=S)Nc2ccc(SC(F)F)cc2)CC1. The van der Waals surface area contributed by atoms with Crippen molar-refractivity contribution in [3.05, 3.63) is 24.3 Å². The molecule has 1 aliphatic heterocycles. The van der Waals surface area contributed by atoms with E-state index in [9.17, 15) is 8.78 Å². The summed E-state index contributed by atoms with van der Waals surface area (Å²) in [5, 5.41) is 7.05. The van der Waals surface area contributed by atoms with Crippen molar-refractivity contribution in [2.24, 2.45) is 0 Å². The van der Waals surface area contributed by atoms with Crippen molar-refractivity contribution in [3.8, 4) is 0 Å². The molecule has 1 aromatic carbocycles. The molecule has 0 aromatic heterocycles. The molecule has 0 aliphatic carbocycles. The van der Waals surface area contributed by atoms with Gasteiger partial charge in [0, 0.05) is 29.5 Å². The molecule has 7 heteroatoms. The van der Waals surface area contributed by atoms with Crippen molar-refractivity contribution in [2.45, 2.75) is 36.5 Å². The van der Waals surface area contributed by atoms with Crippen molar-refractivity contribution in [3.63, 3.8) is 0 Å². The lowest BCUT2D eigenvalue weighted by molar-refractivity contribution is -0.903. The molecule has 0 unspecified atom stereocenters. The highest BCUT2D eigenvalue weighted by molar-refractivity contribution is 7.99. The van der Waals surface area contributed by atoms with Gasteiger partial charge < -0.3 is 15.5 Å². The normalized spacial score (nSPS) is 21.6. The van der Waals surface area contributed by atoms with Crippen LogP contribution in [0.4, 0.5) is 14.5 Å². The Morgan fingerprint density at radius 1 is 1.32 bits per heavy atom. The minimum atomic E-state index is -2.39. The molecule has 0 spiro atoms. The number of quaternary nitrogens is 1. The predicted molar refractivity (Wildman–Crippen MR) is 91.9 cm³/mol. The van der Waals surface area contributed by atoms with Gasteiger partial charge in [0.05, 0.1) is 19.6 Å². The van der Waals surface area contributed by atoms with Gasteiger partial charge in [-0.1, -0.05) is 11.8 Å².